The molecule has 0 aliphatic carbocycles. The molecule has 0 heterocycles. The van der Waals surface area contributed by atoms with Crippen LogP contribution in [0.5, 0.6) is 0 Å². The molecule has 1 N–H and O–H groups in total. The summed E-state index contributed by atoms with van der Waals surface area (Å²) in [5.41, 5.74) is -1.18. The summed E-state index contributed by atoms with van der Waals surface area (Å²) in [6, 6.07) is 6.95. The summed E-state index contributed by atoms with van der Waals surface area (Å²) in [5.74, 6) is -1.81. The van der Waals surface area contributed by atoms with Crippen molar-refractivity contribution in [2.75, 3.05) is 11.9 Å². The number of esters is 1. The van der Waals surface area contributed by atoms with Crippen molar-refractivity contribution in [1.29, 1.82) is 0 Å². The molecule has 0 spiro atoms. The smallest absolute Gasteiger partial charge is 0.418 e. The minimum absolute atomic E-state index is 0.235. The first-order valence-corrected chi connectivity index (χ1v) is 7.89. The molecule has 7 nitrogen and oxygen atoms in total. The highest BCUT2D eigenvalue weighted by atomic mass is 19.4. The van der Waals surface area contributed by atoms with Crippen LogP contribution in [0.2, 0.25) is 0 Å². The van der Waals surface area contributed by atoms with Crippen molar-refractivity contribution < 1.29 is 32.4 Å². The van der Waals surface area contributed by atoms with E-state index in [-0.39, 0.29) is 5.56 Å². The Bertz CT molecular complexity index is 941. The van der Waals surface area contributed by atoms with Gasteiger partial charge in [-0.1, -0.05) is 17.7 Å². The van der Waals surface area contributed by atoms with Crippen LogP contribution >= 0.6 is 0 Å². The average molecular weight is 396 g/mol. The minimum atomic E-state index is -4.93. The fraction of sp³-hybridized carbons (Fsp3) is 0.222. The first kappa shape index (κ1) is 20.9. The van der Waals surface area contributed by atoms with Crippen molar-refractivity contribution in [3.05, 3.63) is 68.8 Å². The lowest BCUT2D eigenvalue weighted by atomic mass is 10.1. The van der Waals surface area contributed by atoms with E-state index < -0.39 is 46.5 Å². The lowest BCUT2D eigenvalue weighted by Crippen LogP contribution is -2.23. The van der Waals surface area contributed by atoms with Crippen molar-refractivity contribution >= 4 is 23.3 Å². The summed E-state index contributed by atoms with van der Waals surface area (Å²) in [7, 11) is 0. The molecular weight excluding hydrogens is 381 g/mol. The number of aryl methyl sites for hydroxylation is 2. The van der Waals surface area contributed by atoms with E-state index in [2.05, 4.69) is 0 Å². The van der Waals surface area contributed by atoms with E-state index in [4.69, 9.17) is 4.74 Å². The van der Waals surface area contributed by atoms with Gasteiger partial charge in [0.25, 0.3) is 11.6 Å². The normalized spacial score (nSPS) is 11.0. The highest BCUT2D eigenvalue weighted by Gasteiger charge is 2.35. The number of rotatable bonds is 5. The van der Waals surface area contributed by atoms with Crippen LogP contribution in [0.15, 0.2) is 36.4 Å². The van der Waals surface area contributed by atoms with E-state index in [1.165, 1.54) is 0 Å². The van der Waals surface area contributed by atoms with Crippen molar-refractivity contribution in [2.45, 2.75) is 20.0 Å². The number of nitro groups is 1. The van der Waals surface area contributed by atoms with E-state index in [1.54, 1.807) is 32.0 Å². The van der Waals surface area contributed by atoms with Crippen molar-refractivity contribution in [2.24, 2.45) is 0 Å². The van der Waals surface area contributed by atoms with Gasteiger partial charge in [0.05, 0.1) is 21.7 Å². The number of hydrogen-bond acceptors (Lipinski definition) is 5. The fourth-order valence-corrected chi connectivity index (χ4v) is 2.34. The molecule has 0 unspecified atom stereocenters. The molecule has 0 aliphatic rings. The Hall–Kier alpha value is -3.43. The number of non-ortho nitro benzene ring substituents is 1. The lowest BCUT2D eigenvalue weighted by Gasteiger charge is -2.14. The number of nitrogens with one attached hydrogen (secondary N) is 1. The monoisotopic (exact) mass is 396 g/mol. The van der Waals surface area contributed by atoms with Crippen LogP contribution in [0.3, 0.4) is 0 Å². The Kier molecular flexibility index (Phi) is 6.02. The van der Waals surface area contributed by atoms with Gasteiger partial charge in [0.2, 0.25) is 0 Å². The number of alkyl halides is 3. The van der Waals surface area contributed by atoms with Gasteiger partial charge in [-0.05, 0) is 31.5 Å². The number of amides is 1. The third-order valence-electron chi connectivity index (χ3n) is 3.74. The highest BCUT2D eigenvalue weighted by molar-refractivity contribution is 5.96. The second-order valence-corrected chi connectivity index (χ2v) is 5.93. The van der Waals surface area contributed by atoms with E-state index in [1.807, 2.05) is 5.32 Å². The number of benzene rings is 2. The van der Waals surface area contributed by atoms with E-state index in [0.717, 1.165) is 17.7 Å². The zero-order chi connectivity index (χ0) is 21.1. The standard InChI is InChI=1S/C18H15F3N2O5/c1-10-3-4-11(2)13(7-10)17(25)28-9-16(24)22-15-6-5-12(23(26)27)8-14(15)18(19,20)21/h3-8H,9H2,1-2H3,(H,22,24). The maximum absolute atomic E-state index is 13.1. The molecule has 0 saturated heterocycles. The van der Waals surface area contributed by atoms with Crippen LogP contribution in [0, 0.1) is 24.0 Å². The summed E-state index contributed by atoms with van der Waals surface area (Å²) in [6.07, 6.45) is -4.93. The Morgan fingerprint density at radius 3 is 2.43 bits per heavy atom. The van der Waals surface area contributed by atoms with Gasteiger partial charge in [-0.25, -0.2) is 4.79 Å². The van der Waals surface area contributed by atoms with Crippen molar-refractivity contribution in [3.8, 4) is 0 Å². The molecule has 0 bridgehead atoms. The summed E-state index contributed by atoms with van der Waals surface area (Å²) >= 11 is 0. The second kappa shape index (κ2) is 8.07. The summed E-state index contributed by atoms with van der Waals surface area (Å²) in [6.45, 7) is 2.61. The van der Waals surface area contributed by atoms with Crippen LogP contribution in [0.4, 0.5) is 24.5 Å². The van der Waals surface area contributed by atoms with Gasteiger partial charge in [-0.3, -0.25) is 14.9 Å². The van der Waals surface area contributed by atoms with E-state index >= 15 is 0 Å². The number of hydrogen-bond donors (Lipinski definition) is 1. The summed E-state index contributed by atoms with van der Waals surface area (Å²) in [5, 5.41) is 12.6. The molecule has 148 valence electrons. The quantitative estimate of drug-likeness (QED) is 0.467. The van der Waals surface area contributed by atoms with Gasteiger partial charge in [0.1, 0.15) is 0 Å². The van der Waals surface area contributed by atoms with E-state index in [0.29, 0.717) is 11.6 Å². The molecule has 28 heavy (non-hydrogen) atoms. The number of carbonyl (C=O) groups is 2. The third kappa shape index (κ3) is 5.06. The molecule has 0 saturated carbocycles. The summed E-state index contributed by atoms with van der Waals surface area (Å²) < 4.78 is 44.1. The molecule has 1 amide bonds. The topological polar surface area (TPSA) is 98.5 Å². The molecule has 10 heteroatoms. The fourth-order valence-electron chi connectivity index (χ4n) is 2.34. The van der Waals surface area contributed by atoms with Crippen LogP contribution in [-0.2, 0) is 15.7 Å². The number of nitro benzene ring substituents is 1. The molecule has 0 aliphatic heterocycles. The predicted molar refractivity (Wildman–Crippen MR) is 92.9 cm³/mol. The van der Waals surface area contributed by atoms with Crippen molar-refractivity contribution in [1.82, 2.24) is 0 Å². The first-order chi connectivity index (χ1) is 13.0. The maximum Gasteiger partial charge on any atom is 0.418 e. The minimum Gasteiger partial charge on any atom is -0.452 e. The predicted octanol–water partition coefficient (Wildman–Crippen LogP) is 4.03. The van der Waals surface area contributed by atoms with Crippen LogP contribution < -0.4 is 5.32 Å². The highest BCUT2D eigenvalue weighted by Crippen LogP contribution is 2.37. The number of ether oxygens (including phenoxy) is 1. The second-order valence-electron chi connectivity index (χ2n) is 5.93. The van der Waals surface area contributed by atoms with Crippen molar-refractivity contribution in [3.63, 3.8) is 0 Å². The van der Waals surface area contributed by atoms with Gasteiger partial charge in [-0.15, -0.1) is 0 Å². The molecule has 2 aromatic rings. The SMILES string of the molecule is Cc1ccc(C)c(C(=O)OCC(=O)Nc2ccc([N+](=O)[O-])cc2C(F)(F)F)c1. The molecule has 2 rings (SSSR count). The molecule has 2 aromatic carbocycles. The Balaban J connectivity index is 2.12. The lowest BCUT2D eigenvalue weighted by molar-refractivity contribution is -0.385. The first-order valence-electron chi connectivity index (χ1n) is 7.89. The summed E-state index contributed by atoms with van der Waals surface area (Å²) in [4.78, 5) is 33.7. The molecule has 0 aromatic heterocycles. The Morgan fingerprint density at radius 1 is 1.14 bits per heavy atom. The zero-order valence-corrected chi connectivity index (χ0v) is 14.8. The molecular formula is C18H15F3N2O5. The van der Waals surface area contributed by atoms with Crippen LogP contribution in [0.1, 0.15) is 27.0 Å². The number of halogens is 3. The number of carbonyl (C=O) groups excluding carboxylic acids is 2. The van der Waals surface area contributed by atoms with Crippen LogP contribution in [-0.4, -0.2) is 23.4 Å². The van der Waals surface area contributed by atoms with Gasteiger partial charge in [-0.2, -0.15) is 13.2 Å². The van der Waals surface area contributed by atoms with Gasteiger partial charge in [0, 0.05) is 12.1 Å². The zero-order valence-electron chi connectivity index (χ0n) is 14.8. The molecule has 0 atom stereocenters. The molecule has 0 radical (unpaired) electrons. The van der Waals surface area contributed by atoms with Gasteiger partial charge < -0.3 is 10.1 Å². The maximum atomic E-state index is 13.1. The van der Waals surface area contributed by atoms with Crippen LogP contribution in [0.25, 0.3) is 0 Å². The average Bonchev–Trinajstić information content (AvgIpc) is 2.61. The van der Waals surface area contributed by atoms with Gasteiger partial charge in [0.15, 0.2) is 6.61 Å². The van der Waals surface area contributed by atoms with Gasteiger partial charge >= 0.3 is 12.1 Å². The number of nitrogens with zero attached hydrogens (tertiary/aromatic N) is 1. The Labute approximate surface area is 157 Å². The largest absolute Gasteiger partial charge is 0.452 e. The molecule has 0 fully saturated rings. The number of anilines is 1. The third-order valence-corrected chi connectivity index (χ3v) is 3.74. The Morgan fingerprint density at radius 2 is 1.82 bits per heavy atom. The van der Waals surface area contributed by atoms with E-state index in [9.17, 15) is 32.9 Å².